The van der Waals surface area contributed by atoms with E-state index >= 15 is 0 Å². The third kappa shape index (κ3) is 2.49. The summed E-state index contributed by atoms with van der Waals surface area (Å²) >= 11 is 0. The van der Waals surface area contributed by atoms with Crippen LogP contribution in [0.25, 0.3) is 5.65 Å². The van der Waals surface area contributed by atoms with E-state index in [4.69, 9.17) is 0 Å². The fourth-order valence-electron chi connectivity index (χ4n) is 2.32. The van der Waals surface area contributed by atoms with E-state index in [1.165, 1.54) is 0 Å². The first-order chi connectivity index (χ1) is 10.0. The molecular formula is C14H14N4O3. The quantitative estimate of drug-likeness (QED) is 0.770. The molecule has 0 aromatic carbocycles. The van der Waals surface area contributed by atoms with Crippen molar-refractivity contribution in [1.82, 2.24) is 20.0 Å². The van der Waals surface area contributed by atoms with Crippen LogP contribution in [0, 0.1) is 6.92 Å². The number of hydrogen-bond donors (Lipinski definition) is 2. The van der Waals surface area contributed by atoms with Crippen molar-refractivity contribution in [3.05, 3.63) is 35.8 Å². The van der Waals surface area contributed by atoms with Crippen LogP contribution in [0.4, 0.5) is 0 Å². The Labute approximate surface area is 120 Å². The lowest BCUT2D eigenvalue weighted by Gasteiger charge is -2.21. The molecular weight excluding hydrogens is 272 g/mol. The molecule has 2 aromatic heterocycles. The number of pyridine rings is 1. The van der Waals surface area contributed by atoms with Gasteiger partial charge in [-0.05, 0) is 25.5 Å². The molecule has 1 aliphatic rings. The smallest absolute Gasteiger partial charge is 0.272 e. The molecule has 7 nitrogen and oxygen atoms in total. The third-order valence-electron chi connectivity index (χ3n) is 3.47. The van der Waals surface area contributed by atoms with E-state index in [2.05, 4.69) is 15.6 Å². The number of imide groups is 1. The number of imidazole rings is 1. The van der Waals surface area contributed by atoms with Gasteiger partial charge in [-0.3, -0.25) is 19.7 Å². The summed E-state index contributed by atoms with van der Waals surface area (Å²) < 4.78 is 1.80. The zero-order valence-electron chi connectivity index (χ0n) is 11.4. The average molecular weight is 286 g/mol. The standard InChI is InChI=1S/C14H14N4O3/c1-8-3-2-4-11-15-10(7-18(8)11)14(21)16-9-5-6-12(19)17-13(9)20/h2-4,7,9H,5-6H2,1H3,(H,16,21)(H,17,19,20). The van der Waals surface area contributed by atoms with Gasteiger partial charge in [-0.15, -0.1) is 0 Å². The van der Waals surface area contributed by atoms with Gasteiger partial charge < -0.3 is 9.72 Å². The molecule has 2 N–H and O–H groups in total. The number of nitrogens with zero attached hydrogens (tertiary/aromatic N) is 2. The summed E-state index contributed by atoms with van der Waals surface area (Å²) in [6, 6.07) is 4.88. The van der Waals surface area contributed by atoms with Crippen LogP contribution in [0.15, 0.2) is 24.4 Å². The third-order valence-corrected chi connectivity index (χ3v) is 3.47. The summed E-state index contributed by atoms with van der Waals surface area (Å²) in [7, 11) is 0. The number of aromatic nitrogens is 2. The molecule has 7 heteroatoms. The molecule has 0 saturated carbocycles. The maximum atomic E-state index is 12.2. The Hall–Kier alpha value is -2.70. The fourth-order valence-corrected chi connectivity index (χ4v) is 2.32. The first-order valence-electron chi connectivity index (χ1n) is 6.64. The van der Waals surface area contributed by atoms with E-state index in [0.29, 0.717) is 12.1 Å². The molecule has 0 bridgehead atoms. The van der Waals surface area contributed by atoms with E-state index in [9.17, 15) is 14.4 Å². The van der Waals surface area contributed by atoms with E-state index in [-0.39, 0.29) is 18.0 Å². The Morgan fingerprint density at radius 2 is 2.24 bits per heavy atom. The van der Waals surface area contributed by atoms with Crippen LogP contribution in [-0.2, 0) is 9.59 Å². The van der Waals surface area contributed by atoms with Crippen molar-refractivity contribution in [3.63, 3.8) is 0 Å². The molecule has 21 heavy (non-hydrogen) atoms. The maximum absolute atomic E-state index is 12.2. The van der Waals surface area contributed by atoms with E-state index < -0.39 is 17.9 Å². The first kappa shape index (κ1) is 13.3. The number of carbonyl (C=O) groups is 3. The predicted molar refractivity (Wildman–Crippen MR) is 73.6 cm³/mol. The molecule has 0 radical (unpaired) electrons. The number of nitrogens with one attached hydrogen (secondary N) is 2. The number of amides is 3. The number of piperidine rings is 1. The number of carbonyl (C=O) groups excluding carboxylic acids is 3. The Morgan fingerprint density at radius 3 is 2.95 bits per heavy atom. The number of aryl methyl sites for hydroxylation is 1. The second-order valence-corrected chi connectivity index (χ2v) is 5.00. The SMILES string of the molecule is Cc1cccc2nc(C(=O)NC3CCC(=O)NC3=O)cn12. The van der Waals surface area contributed by atoms with Crippen LogP contribution < -0.4 is 10.6 Å². The summed E-state index contributed by atoms with van der Waals surface area (Å²) in [5.74, 6) is -1.21. The summed E-state index contributed by atoms with van der Waals surface area (Å²) in [6.07, 6.45) is 2.16. The van der Waals surface area contributed by atoms with Crippen LogP contribution in [-0.4, -0.2) is 33.1 Å². The fraction of sp³-hybridized carbons (Fsp3) is 0.286. The van der Waals surface area contributed by atoms with Crippen LogP contribution in [0.1, 0.15) is 29.0 Å². The molecule has 1 aliphatic heterocycles. The van der Waals surface area contributed by atoms with Gasteiger partial charge in [-0.25, -0.2) is 4.98 Å². The van der Waals surface area contributed by atoms with Crippen molar-refractivity contribution in [1.29, 1.82) is 0 Å². The van der Waals surface area contributed by atoms with Crippen molar-refractivity contribution in [2.24, 2.45) is 0 Å². The monoisotopic (exact) mass is 286 g/mol. The van der Waals surface area contributed by atoms with E-state index in [1.54, 1.807) is 16.7 Å². The highest BCUT2D eigenvalue weighted by atomic mass is 16.2. The molecule has 3 rings (SSSR count). The van der Waals surface area contributed by atoms with Crippen LogP contribution in [0.5, 0.6) is 0 Å². The molecule has 0 aliphatic carbocycles. The zero-order valence-corrected chi connectivity index (χ0v) is 11.4. The molecule has 1 atom stereocenters. The van der Waals surface area contributed by atoms with Gasteiger partial charge >= 0.3 is 0 Å². The van der Waals surface area contributed by atoms with Gasteiger partial charge in [-0.1, -0.05) is 6.07 Å². The van der Waals surface area contributed by atoms with E-state index in [1.807, 2.05) is 19.1 Å². The topological polar surface area (TPSA) is 92.6 Å². The van der Waals surface area contributed by atoms with Crippen molar-refractivity contribution in [2.75, 3.05) is 0 Å². The summed E-state index contributed by atoms with van der Waals surface area (Å²) in [5, 5.41) is 4.81. The maximum Gasteiger partial charge on any atom is 0.272 e. The molecule has 0 spiro atoms. The van der Waals surface area contributed by atoms with Gasteiger partial charge in [-0.2, -0.15) is 0 Å². The van der Waals surface area contributed by atoms with Crippen molar-refractivity contribution >= 4 is 23.4 Å². The molecule has 3 amide bonds. The van der Waals surface area contributed by atoms with Crippen molar-refractivity contribution < 1.29 is 14.4 Å². The summed E-state index contributed by atoms with van der Waals surface area (Å²) in [4.78, 5) is 39.1. The number of fused-ring (bicyclic) bond motifs is 1. The molecule has 108 valence electrons. The first-order valence-corrected chi connectivity index (χ1v) is 6.64. The van der Waals surface area contributed by atoms with Gasteiger partial charge in [0.2, 0.25) is 11.8 Å². The summed E-state index contributed by atoms with van der Waals surface area (Å²) in [6.45, 7) is 1.91. The van der Waals surface area contributed by atoms with Gasteiger partial charge in [0.05, 0.1) is 0 Å². The number of hydrogen-bond acceptors (Lipinski definition) is 4. The Bertz CT molecular complexity index is 750. The average Bonchev–Trinajstić information content (AvgIpc) is 2.87. The van der Waals surface area contributed by atoms with Crippen LogP contribution in [0.3, 0.4) is 0 Å². The Morgan fingerprint density at radius 1 is 1.43 bits per heavy atom. The zero-order chi connectivity index (χ0) is 15.0. The lowest BCUT2D eigenvalue weighted by Crippen LogP contribution is -2.52. The highest BCUT2D eigenvalue weighted by Crippen LogP contribution is 2.10. The lowest BCUT2D eigenvalue weighted by molar-refractivity contribution is -0.134. The molecule has 1 saturated heterocycles. The molecule has 2 aromatic rings. The minimum atomic E-state index is -0.693. The van der Waals surface area contributed by atoms with Crippen LogP contribution >= 0.6 is 0 Å². The molecule has 1 fully saturated rings. The van der Waals surface area contributed by atoms with Crippen LogP contribution in [0.2, 0.25) is 0 Å². The number of rotatable bonds is 2. The second-order valence-electron chi connectivity index (χ2n) is 5.00. The van der Waals surface area contributed by atoms with Gasteiger partial charge in [0.15, 0.2) is 0 Å². The second kappa shape index (κ2) is 5.01. The molecule has 1 unspecified atom stereocenters. The summed E-state index contributed by atoms with van der Waals surface area (Å²) in [5.41, 5.74) is 1.87. The van der Waals surface area contributed by atoms with Gasteiger partial charge in [0.25, 0.3) is 5.91 Å². The van der Waals surface area contributed by atoms with Gasteiger partial charge in [0.1, 0.15) is 17.4 Å². The predicted octanol–water partition coefficient (Wildman–Crippen LogP) is 0.178. The van der Waals surface area contributed by atoms with Gasteiger partial charge in [0, 0.05) is 18.3 Å². The minimum Gasteiger partial charge on any atom is -0.339 e. The minimum absolute atomic E-state index is 0.223. The normalized spacial score (nSPS) is 18.6. The Balaban J connectivity index is 1.79. The van der Waals surface area contributed by atoms with Crippen molar-refractivity contribution in [2.45, 2.75) is 25.8 Å². The largest absolute Gasteiger partial charge is 0.339 e. The highest BCUT2D eigenvalue weighted by Gasteiger charge is 2.28. The Kier molecular flexibility index (Phi) is 3.17. The lowest BCUT2D eigenvalue weighted by atomic mass is 10.1. The van der Waals surface area contributed by atoms with Crippen molar-refractivity contribution in [3.8, 4) is 0 Å². The molecule has 3 heterocycles. The van der Waals surface area contributed by atoms with E-state index in [0.717, 1.165) is 5.69 Å². The highest BCUT2D eigenvalue weighted by molar-refractivity contribution is 6.03.